The second-order valence-electron chi connectivity index (χ2n) is 4.70. The van der Waals surface area contributed by atoms with E-state index in [-0.39, 0.29) is 30.5 Å². The maximum atomic E-state index is 12.4. The highest BCUT2D eigenvalue weighted by molar-refractivity contribution is 5.84. The van der Waals surface area contributed by atoms with Crippen molar-refractivity contribution in [2.24, 2.45) is 0 Å². The number of rotatable bonds is 5. The van der Waals surface area contributed by atoms with E-state index in [0.29, 0.717) is 17.4 Å². The van der Waals surface area contributed by atoms with Gasteiger partial charge in [-0.15, -0.1) is 0 Å². The molecule has 0 radical (unpaired) electrons. The molecule has 0 aliphatic heterocycles. The minimum absolute atomic E-state index is 0. The Morgan fingerprint density at radius 3 is 1.89 bits per heavy atom. The molecule has 0 atom stereocenters. The number of carbonyl (C=O) groups is 1. The van der Waals surface area contributed by atoms with Crippen LogP contribution in [0.25, 0.3) is 0 Å². The van der Waals surface area contributed by atoms with Gasteiger partial charge in [-0.1, -0.05) is 0 Å². The first-order valence-corrected chi connectivity index (χ1v) is 4.91. The number of nitrogens with zero attached hydrogens (tertiary/aromatic N) is 1. The normalized spacial score (nSPS) is 12.9. The first kappa shape index (κ1) is 20.1. The van der Waals surface area contributed by atoms with Crippen molar-refractivity contribution in [1.82, 2.24) is 5.32 Å². The third kappa shape index (κ3) is 6.66. The first-order valence-electron chi connectivity index (χ1n) is 4.91. The summed E-state index contributed by atoms with van der Waals surface area (Å²) in [5.74, 6) is -7.63. The summed E-state index contributed by atoms with van der Waals surface area (Å²) in [5.41, 5.74) is 0. The number of quaternary nitrogens is 1. The van der Waals surface area contributed by atoms with Gasteiger partial charge in [-0.2, -0.15) is 22.0 Å². The molecule has 0 aliphatic carbocycles. The highest BCUT2D eigenvalue weighted by Crippen LogP contribution is 2.35. The summed E-state index contributed by atoms with van der Waals surface area (Å²) < 4.78 is 60.7. The van der Waals surface area contributed by atoms with Crippen molar-refractivity contribution in [3.63, 3.8) is 0 Å². The van der Waals surface area contributed by atoms with Crippen LogP contribution in [-0.4, -0.2) is 56.7 Å². The summed E-state index contributed by atoms with van der Waals surface area (Å²) in [6.07, 6.45) is -5.53. The van der Waals surface area contributed by atoms with Gasteiger partial charge in [0.15, 0.2) is 0 Å². The number of alkyl halides is 5. The Labute approximate surface area is 119 Å². The van der Waals surface area contributed by atoms with Gasteiger partial charge in [-0.05, 0) is 0 Å². The first-order chi connectivity index (χ1) is 7.38. The molecule has 18 heavy (non-hydrogen) atoms. The Morgan fingerprint density at radius 1 is 1.11 bits per heavy atom. The molecular weight excluding hydrogens is 374 g/mol. The summed E-state index contributed by atoms with van der Waals surface area (Å²) in [6.45, 7) is 0.345. The molecule has 0 aromatic rings. The van der Waals surface area contributed by atoms with E-state index < -0.39 is 18.0 Å². The predicted molar refractivity (Wildman–Crippen MR) is 51.5 cm³/mol. The van der Waals surface area contributed by atoms with Crippen molar-refractivity contribution < 1.29 is 55.2 Å². The Morgan fingerprint density at radius 2 is 1.56 bits per heavy atom. The van der Waals surface area contributed by atoms with Crippen molar-refractivity contribution in [2.45, 2.75) is 18.5 Å². The van der Waals surface area contributed by atoms with E-state index >= 15 is 0 Å². The average molecular weight is 390 g/mol. The Hall–Kier alpha value is -0.190. The third-order valence-corrected chi connectivity index (χ3v) is 1.93. The Balaban J connectivity index is 0. The molecule has 0 unspecified atom stereocenters. The summed E-state index contributed by atoms with van der Waals surface area (Å²) >= 11 is 0. The number of amides is 1. The van der Waals surface area contributed by atoms with Crippen molar-refractivity contribution in [1.29, 1.82) is 0 Å². The van der Waals surface area contributed by atoms with E-state index in [9.17, 15) is 26.7 Å². The molecule has 0 rings (SSSR count). The van der Waals surface area contributed by atoms with Gasteiger partial charge in [-0.25, -0.2) is 0 Å². The fourth-order valence-corrected chi connectivity index (χ4v) is 0.995. The lowest BCUT2D eigenvalue weighted by molar-refractivity contribution is -0.870. The van der Waals surface area contributed by atoms with Crippen molar-refractivity contribution in [3.05, 3.63) is 0 Å². The van der Waals surface area contributed by atoms with Crippen LogP contribution >= 0.6 is 0 Å². The maximum Gasteiger partial charge on any atom is 0.463 e. The molecule has 0 fully saturated rings. The average Bonchev–Trinajstić information content (AvgIpc) is 2.08. The third-order valence-electron chi connectivity index (χ3n) is 1.93. The van der Waals surface area contributed by atoms with Crippen LogP contribution in [-0.2, 0) is 4.79 Å². The summed E-state index contributed by atoms with van der Waals surface area (Å²) in [4.78, 5) is 10.6. The quantitative estimate of drug-likeness (QED) is 0.261. The van der Waals surface area contributed by atoms with Crippen LogP contribution in [0.4, 0.5) is 22.0 Å². The monoisotopic (exact) mass is 390 g/mol. The van der Waals surface area contributed by atoms with E-state index in [1.54, 1.807) is 5.32 Å². The zero-order chi connectivity index (χ0) is 13.9. The van der Waals surface area contributed by atoms with E-state index in [2.05, 4.69) is 0 Å². The fraction of sp³-hybridized carbons (Fsp3) is 0.889. The van der Waals surface area contributed by atoms with E-state index in [1.165, 1.54) is 0 Å². The second kappa shape index (κ2) is 6.83. The van der Waals surface area contributed by atoms with Gasteiger partial charge < -0.3 is 33.8 Å². The fourth-order valence-electron chi connectivity index (χ4n) is 0.995. The predicted octanol–water partition coefficient (Wildman–Crippen LogP) is -1.60. The van der Waals surface area contributed by atoms with Gasteiger partial charge in [-0.3, -0.25) is 4.79 Å². The lowest BCUT2D eigenvalue weighted by atomic mass is 10.3. The smallest absolute Gasteiger partial charge is 0.463 e. The summed E-state index contributed by atoms with van der Waals surface area (Å²) in [5, 5.41) is 1.58. The van der Waals surface area contributed by atoms with Crippen LogP contribution in [0.2, 0.25) is 0 Å². The van der Waals surface area contributed by atoms with Crippen LogP contribution < -0.4 is 29.3 Å². The lowest BCUT2D eigenvalue weighted by Crippen LogP contribution is -3.00. The maximum absolute atomic E-state index is 12.4. The molecule has 3 nitrogen and oxygen atoms in total. The molecule has 0 saturated heterocycles. The van der Waals surface area contributed by atoms with E-state index in [4.69, 9.17) is 0 Å². The van der Waals surface area contributed by atoms with E-state index in [0.717, 1.165) is 0 Å². The summed E-state index contributed by atoms with van der Waals surface area (Å²) in [7, 11) is 5.52. The summed E-state index contributed by atoms with van der Waals surface area (Å²) in [6, 6.07) is 0. The highest BCUT2D eigenvalue weighted by atomic mass is 127. The van der Waals surface area contributed by atoms with Gasteiger partial charge >= 0.3 is 12.1 Å². The second-order valence-corrected chi connectivity index (χ2v) is 4.70. The number of nitrogens with one attached hydrogen (secondary N) is 1. The number of hydrogen-bond donors (Lipinski definition) is 1. The number of halogens is 6. The zero-order valence-electron chi connectivity index (χ0n) is 10.2. The Kier molecular flexibility index (Phi) is 7.64. The molecule has 9 heteroatoms. The molecule has 0 spiro atoms. The van der Waals surface area contributed by atoms with Gasteiger partial charge in [0.05, 0.1) is 27.7 Å². The van der Waals surface area contributed by atoms with Crippen LogP contribution in [0.1, 0.15) is 6.42 Å². The van der Waals surface area contributed by atoms with Gasteiger partial charge in [0.25, 0.3) is 5.91 Å². The van der Waals surface area contributed by atoms with Crippen molar-refractivity contribution >= 4 is 5.91 Å². The van der Waals surface area contributed by atoms with Crippen molar-refractivity contribution in [3.8, 4) is 0 Å². The van der Waals surface area contributed by atoms with Gasteiger partial charge in [0.2, 0.25) is 0 Å². The largest absolute Gasteiger partial charge is 1.00 e. The molecule has 110 valence electrons. The minimum atomic E-state index is -5.85. The molecule has 0 heterocycles. The molecule has 1 amide bonds. The number of hydrogen-bond acceptors (Lipinski definition) is 1. The van der Waals surface area contributed by atoms with Crippen molar-refractivity contribution in [2.75, 3.05) is 34.2 Å². The molecular formula is C9H16F5IN2O. The molecule has 0 aromatic heterocycles. The molecule has 0 aromatic carbocycles. The highest BCUT2D eigenvalue weighted by Gasteiger charge is 2.63. The molecule has 0 aliphatic rings. The topological polar surface area (TPSA) is 29.1 Å². The molecule has 1 N–H and O–H groups in total. The number of carbonyl (C=O) groups excluding carboxylic acids is 1. The van der Waals surface area contributed by atoms with Crippen LogP contribution in [0.15, 0.2) is 0 Å². The lowest BCUT2D eigenvalue weighted by Gasteiger charge is -2.24. The molecule has 0 saturated carbocycles. The van der Waals surface area contributed by atoms with Crippen LogP contribution in [0, 0.1) is 0 Å². The van der Waals surface area contributed by atoms with Gasteiger partial charge in [0.1, 0.15) is 0 Å². The molecule has 0 bridgehead atoms. The van der Waals surface area contributed by atoms with Crippen LogP contribution in [0.5, 0.6) is 0 Å². The van der Waals surface area contributed by atoms with E-state index in [1.807, 2.05) is 21.1 Å². The van der Waals surface area contributed by atoms with Crippen LogP contribution in [0.3, 0.4) is 0 Å². The Bertz CT molecular complexity index is 275. The minimum Gasteiger partial charge on any atom is -1.00 e. The van der Waals surface area contributed by atoms with Gasteiger partial charge in [0, 0.05) is 13.0 Å². The zero-order valence-corrected chi connectivity index (χ0v) is 12.4. The SMILES string of the molecule is C[N+](C)(C)CCCNC(=O)C(F)(F)C(F)(F)F.[I-]. The standard InChI is InChI=1S/C9H15F5N2O.HI/c1-16(2,3)6-4-5-15-7(17)8(10,11)9(12,13)14;/h4-6H2,1-3H3;1H.